The maximum absolute atomic E-state index is 5.89. The minimum absolute atomic E-state index is 0.611. The molecule has 2 aromatic carbocycles. The first-order chi connectivity index (χ1) is 12.7. The fraction of sp³-hybridized carbons (Fsp3) is 0.0526. The van der Waals surface area contributed by atoms with E-state index < -0.39 is 0 Å². The zero-order valence-corrected chi connectivity index (χ0v) is 14.7. The smallest absolute Gasteiger partial charge is 0.168 e. The second kappa shape index (κ2) is 6.93. The molecule has 0 spiro atoms. The minimum atomic E-state index is 0.611. The summed E-state index contributed by atoms with van der Waals surface area (Å²) in [5.41, 5.74) is 5.59. The van der Waals surface area contributed by atoms with Gasteiger partial charge in [-0.25, -0.2) is 14.6 Å². The van der Waals surface area contributed by atoms with Crippen LogP contribution >= 0.6 is 11.6 Å². The third kappa shape index (κ3) is 3.27. The van der Waals surface area contributed by atoms with Gasteiger partial charge >= 0.3 is 0 Å². The zero-order chi connectivity index (χ0) is 17.9. The van der Waals surface area contributed by atoms with Crippen LogP contribution in [0, 0.1) is 6.92 Å². The summed E-state index contributed by atoms with van der Waals surface area (Å²) in [4.78, 5) is 8.97. The van der Waals surface area contributed by atoms with Crippen molar-refractivity contribution in [1.29, 1.82) is 0 Å². The van der Waals surface area contributed by atoms with Gasteiger partial charge in [0.05, 0.1) is 23.5 Å². The van der Waals surface area contributed by atoms with Crippen LogP contribution in [0.1, 0.15) is 11.4 Å². The fourth-order valence-corrected chi connectivity index (χ4v) is 2.70. The van der Waals surface area contributed by atoms with Crippen LogP contribution in [0.15, 0.2) is 65.9 Å². The number of nitrogens with one attached hydrogen (secondary N) is 1. The van der Waals surface area contributed by atoms with E-state index in [1.165, 1.54) is 0 Å². The lowest BCUT2D eigenvalue weighted by Gasteiger charge is -2.05. The van der Waals surface area contributed by atoms with E-state index in [1.54, 1.807) is 17.1 Å². The van der Waals surface area contributed by atoms with Crippen molar-refractivity contribution in [1.82, 2.24) is 19.7 Å². The lowest BCUT2D eigenvalue weighted by molar-refractivity contribution is 0.889. The molecule has 128 valence electrons. The summed E-state index contributed by atoms with van der Waals surface area (Å²) >= 11 is 5.89. The van der Waals surface area contributed by atoms with Gasteiger partial charge in [0.25, 0.3) is 0 Å². The molecule has 26 heavy (non-hydrogen) atoms. The van der Waals surface area contributed by atoms with Gasteiger partial charge in [0, 0.05) is 5.02 Å². The van der Waals surface area contributed by atoms with Crippen molar-refractivity contribution < 1.29 is 0 Å². The highest BCUT2D eigenvalue weighted by Gasteiger charge is 2.12. The highest BCUT2D eigenvalue weighted by Crippen LogP contribution is 2.22. The van der Waals surface area contributed by atoms with Crippen LogP contribution in [0.2, 0.25) is 5.02 Å². The Kier molecular flexibility index (Phi) is 4.33. The van der Waals surface area contributed by atoms with Crippen molar-refractivity contribution >= 4 is 34.7 Å². The summed E-state index contributed by atoms with van der Waals surface area (Å²) in [6.07, 6.45) is 3.45. The third-order valence-corrected chi connectivity index (χ3v) is 4.05. The van der Waals surface area contributed by atoms with Gasteiger partial charge < -0.3 is 0 Å². The first kappa shape index (κ1) is 16.2. The van der Waals surface area contributed by atoms with Crippen LogP contribution in [0.5, 0.6) is 0 Å². The number of aromatic nitrogens is 4. The molecule has 2 aromatic heterocycles. The number of halogens is 1. The number of fused-ring (bicyclic) bond motifs is 1. The largest absolute Gasteiger partial charge is 0.261 e. The van der Waals surface area contributed by atoms with Gasteiger partial charge in [0.15, 0.2) is 11.5 Å². The van der Waals surface area contributed by atoms with Crippen molar-refractivity contribution in [2.75, 3.05) is 5.43 Å². The quantitative estimate of drug-likeness (QED) is 0.436. The molecular weight excluding hydrogens is 348 g/mol. The molecule has 1 N–H and O–H groups in total. The number of para-hydroxylation sites is 1. The molecule has 0 bridgehead atoms. The van der Waals surface area contributed by atoms with Crippen molar-refractivity contribution in [3.05, 3.63) is 77.2 Å². The standard InChI is InChI=1S/C19H15ClN6/c1-13-23-18(25-21-11-14-7-9-15(20)10-8-14)17-12-22-26(19(17)24-13)16-5-3-2-4-6-16/h2-12H,1H3,(H,23,24,25)/b21-11-. The van der Waals surface area contributed by atoms with Crippen LogP contribution in [-0.4, -0.2) is 26.0 Å². The third-order valence-electron chi connectivity index (χ3n) is 3.80. The monoisotopic (exact) mass is 362 g/mol. The summed E-state index contributed by atoms with van der Waals surface area (Å²) in [7, 11) is 0. The zero-order valence-electron chi connectivity index (χ0n) is 14.0. The highest BCUT2D eigenvalue weighted by molar-refractivity contribution is 6.30. The van der Waals surface area contributed by atoms with Gasteiger partial charge in [0.2, 0.25) is 0 Å². The lowest BCUT2D eigenvalue weighted by Crippen LogP contribution is -2.01. The van der Waals surface area contributed by atoms with E-state index in [1.807, 2.05) is 61.5 Å². The number of hydrazone groups is 1. The molecule has 0 aliphatic carbocycles. The second-order valence-electron chi connectivity index (χ2n) is 5.67. The predicted molar refractivity (Wildman–Crippen MR) is 104 cm³/mol. The van der Waals surface area contributed by atoms with Gasteiger partial charge in [-0.3, -0.25) is 5.43 Å². The van der Waals surface area contributed by atoms with E-state index >= 15 is 0 Å². The van der Waals surface area contributed by atoms with E-state index in [2.05, 4.69) is 25.6 Å². The lowest BCUT2D eigenvalue weighted by atomic mass is 10.2. The van der Waals surface area contributed by atoms with E-state index in [0.29, 0.717) is 16.7 Å². The summed E-state index contributed by atoms with van der Waals surface area (Å²) in [5, 5.41) is 10.2. The fourth-order valence-electron chi connectivity index (χ4n) is 2.58. The topological polar surface area (TPSA) is 68.0 Å². The van der Waals surface area contributed by atoms with Crippen LogP contribution in [0.25, 0.3) is 16.7 Å². The van der Waals surface area contributed by atoms with E-state index in [4.69, 9.17) is 11.6 Å². The van der Waals surface area contributed by atoms with Crippen molar-refractivity contribution in [2.24, 2.45) is 5.10 Å². The summed E-state index contributed by atoms with van der Waals surface area (Å²) in [5.74, 6) is 1.25. The molecule has 2 heterocycles. The maximum Gasteiger partial charge on any atom is 0.168 e. The van der Waals surface area contributed by atoms with Gasteiger partial charge in [0.1, 0.15) is 5.82 Å². The van der Waals surface area contributed by atoms with E-state index in [9.17, 15) is 0 Å². The van der Waals surface area contributed by atoms with Gasteiger partial charge in [-0.2, -0.15) is 10.2 Å². The van der Waals surface area contributed by atoms with Crippen LogP contribution < -0.4 is 5.43 Å². The van der Waals surface area contributed by atoms with E-state index in [0.717, 1.165) is 22.3 Å². The summed E-state index contributed by atoms with van der Waals surface area (Å²) in [6.45, 7) is 1.84. The van der Waals surface area contributed by atoms with Crippen LogP contribution in [0.4, 0.5) is 5.82 Å². The molecule has 7 heteroatoms. The predicted octanol–water partition coefficient (Wildman–Crippen LogP) is 4.22. The first-order valence-electron chi connectivity index (χ1n) is 8.03. The number of rotatable bonds is 4. The molecule has 0 amide bonds. The Morgan fingerprint density at radius 2 is 1.81 bits per heavy atom. The Labute approximate surface area is 155 Å². The number of benzene rings is 2. The minimum Gasteiger partial charge on any atom is -0.261 e. The molecule has 6 nitrogen and oxygen atoms in total. The first-order valence-corrected chi connectivity index (χ1v) is 8.41. The average Bonchev–Trinajstić information content (AvgIpc) is 3.08. The molecule has 0 radical (unpaired) electrons. The Hall–Kier alpha value is -3.25. The number of aryl methyl sites for hydroxylation is 1. The summed E-state index contributed by atoms with van der Waals surface area (Å²) in [6, 6.07) is 17.3. The summed E-state index contributed by atoms with van der Waals surface area (Å²) < 4.78 is 1.79. The number of nitrogens with zero attached hydrogens (tertiary/aromatic N) is 5. The number of hydrogen-bond acceptors (Lipinski definition) is 5. The van der Waals surface area contributed by atoms with Gasteiger partial charge in [-0.05, 0) is 36.8 Å². The number of anilines is 1. The molecule has 0 aliphatic heterocycles. The van der Waals surface area contributed by atoms with Crippen LogP contribution in [-0.2, 0) is 0 Å². The molecule has 0 unspecified atom stereocenters. The normalized spacial score (nSPS) is 11.3. The molecule has 0 fully saturated rings. The Bertz CT molecular complexity index is 1070. The van der Waals surface area contributed by atoms with Crippen LogP contribution in [0.3, 0.4) is 0 Å². The van der Waals surface area contributed by atoms with Crippen molar-refractivity contribution in [3.8, 4) is 5.69 Å². The highest BCUT2D eigenvalue weighted by atomic mass is 35.5. The molecule has 4 aromatic rings. The molecule has 0 atom stereocenters. The van der Waals surface area contributed by atoms with E-state index in [-0.39, 0.29) is 0 Å². The van der Waals surface area contributed by atoms with Crippen molar-refractivity contribution in [2.45, 2.75) is 6.92 Å². The molecular formula is C19H15ClN6. The Morgan fingerprint density at radius 3 is 2.58 bits per heavy atom. The molecule has 0 saturated heterocycles. The average molecular weight is 363 g/mol. The Morgan fingerprint density at radius 1 is 1.04 bits per heavy atom. The molecule has 0 aliphatic rings. The Balaban J connectivity index is 1.67. The number of hydrogen-bond donors (Lipinski definition) is 1. The molecule has 4 rings (SSSR count). The second-order valence-corrected chi connectivity index (χ2v) is 6.11. The molecule has 0 saturated carbocycles. The van der Waals surface area contributed by atoms with Crippen molar-refractivity contribution in [3.63, 3.8) is 0 Å². The van der Waals surface area contributed by atoms with Gasteiger partial charge in [-0.15, -0.1) is 0 Å². The van der Waals surface area contributed by atoms with Gasteiger partial charge in [-0.1, -0.05) is 41.9 Å². The SMILES string of the molecule is Cc1nc(N/N=C\c2ccc(Cl)cc2)c2cnn(-c3ccccc3)c2n1. The maximum atomic E-state index is 5.89.